The van der Waals surface area contributed by atoms with Gasteiger partial charge in [-0.25, -0.2) is 0 Å². The Hall–Kier alpha value is 0.130. The van der Waals surface area contributed by atoms with E-state index in [1.54, 1.807) is 6.07 Å². The van der Waals surface area contributed by atoms with E-state index in [1.165, 1.54) is 18.2 Å². The van der Waals surface area contributed by atoms with Crippen LogP contribution in [0.5, 0.6) is 0 Å². The second kappa shape index (κ2) is 4.23. The quantitative estimate of drug-likeness (QED) is 0.493. The number of hydrogen-bond acceptors (Lipinski definition) is 2. The molecule has 0 aliphatic heterocycles. The van der Waals surface area contributed by atoms with E-state index in [0.29, 0.717) is 0 Å². The van der Waals surface area contributed by atoms with Crippen LogP contribution >= 0.6 is 0 Å². The minimum atomic E-state index is -4.03. The SMILES string of the molecule is O=S(=O)(O)c1c[c]ccc1.[NaH]. The van der Waals surface area contributed by atoms with Gasteiger partial charge < -0.3 is 0 Å². The third-order valence-corrected chi connectivity index (χ3v) is 1.83. The Morgan fingerprint density at radius 3 is 2.36 bits per heavy atom. The molecule has 0 saturated heterocycles. The van der Waals surface area contributed by atoms with E-state index in [1.807, 2.05) is 0 Å². The van der Waals surface area contributed by atoms with E-state index < -0.39 is 10.1 Å². The van der Waals surface area contributed by atoms with Gasteiger partial charge in [0.15, 0.2) is 0 Å². The van der Waals surface area contributed by atoms with Crippen molar-refractivity contribution in [2.45, 2.75) is 4.90 Å². The van der Waals surface area contributed by atoms with Crippen molar-refractivity contribution in [1.29, 1.82) is 0 Å². The maximum absolute atomic E-state index is 10.4. The zero-order valence-corrected chi connectivity index (χ0v) is 5.80. The van der Waals surface area contributed by atoms with Gasteiger partial charge in [0, 0.05) is 0 Å². The summed E-state index contributed by atoms with van der Waals surface area (Å²) in [5, 5.41) is 0. The maximum atomic E-state index is 10.4. The molecular weight excluding hydrogens is 175 g/mol. The zero-order chi connectivity index (χ0) is 7.61. The molecule has 0 spiro atoms. The molecule has 0 bridgehead atoms. The Morgan fingerprint density at radius 1 is 1.45 bits per heavy atom. The van der Waals surface area contributed by atoms with E-state index >= 15 is 0 Å². The number of rotatable bonds is 1. The van der Waals surface area contributed by atoms with Crippen LogP contribution in [0, 0.1) is 6.07 Å². The average Bonchev–Trinajstić information content (AvgIpc) is 1.88. The van der Waals surface area contributed by atoms with Crippen LogP contribution in [0.25, 0.3) is 0 Å². The summed E-state index contributed by atoms with van der Waals surface area (Å²) in [6, 6.07) is 8.07. The molecule has 0 atom stereocenters. The summed E-state index contributed by atoms with van der Waals surface area (Å²) in [4.78, 5) is -0.130. The summed E-state index contributed by atoms with van der Waals surface area (Å²) in [5.74, 6) is 0. The summed E-state index contributed by atoms with van der Waals surface area (Å²) in [7, 11) is -4.03. The molecule has 0 aliphatic carbocycles. The fourth-order valence-electron chi connectivity index (χ4n) is 0.537. The summed E-state index contributed by atoms with van der Waals surface area (Å²) >= 11 is 0. The van der Waals surface area contributed by atoms with Crippen LogP contribution < -0.4 is 0 Å². The van der Waals surface area contributed by atoms with Gasteiger partial charge in [-0.15, -0.1) is 0 Å². The molecule has 0 aliphatic rings. The first-order valence-electron chi connectivity index (χ1n) is 2.54. The standard InChI is InChI=1S/C6H5O3S.Na.H/c7-10(8,9)6-4-2-1-3-5-6;;/h1-2,4-5H,(H,7,8,9);;. The third kappa shape index (κ3) is 3.35. The second-order valence-electron chi connectivity index (χ2n) is 1.71. The monoisotopic (exact) mass is 181 g/mol. The normalized spacial score (nSPS) is 10.3. The van der Waals surface area contributed by atoms with Crippen LogP contribution in [0.2, 0.25) is 0 Å². The van der Waals surface area contributed by atoms with Gasteiger partial charge in [0.25, 0.3) is 10.1 Å². The van der Waals surface area contributed by atoms with Crippen molar-refractivity contribution in [2.24, 2.45) is 0 Å². The molecule has 5 heteroatoms. The van der Waals surface area contributed by atoms with Gasteiger partial charge in [-0.05, 0) is 18.2 Å². The minimum absolute atomic E-state index is 0. The predicted octanol–water partition coefficient (Wildman–Crippen LogP) is 0.0850. The predicted molar refractivity (Wildman–Crippen MR) is 42.2 cm³/mol. The summed E-state index contributed by atoms with van der Waals surface area (Å²) in [6.45, 7) is 0. The third-order valence-electron chi connectivity index (χ3n) is 0.976. The van der Waals surface area contributed by atoms with E-state index in [4.69, 9.17) is 4.55 Å². The van der Waals surface area contributed by atoms with Crippen molar-refractivity contribution in [3.8, 4) is 0 Å². The first kappa shape index (κ1) is 11.1. The Balaban J connectivity index is 0.000001000. The molecule has 3 nitrogen and oxygen atoms in total. The van der Waals surface area contributed by atoms with Gasteiger partial charge in [0.2, 0.25) is 0 Å². The van der Waals surface area contributed by atoms with Crippen LogP contribution in [0.3, 0.4) is 0 Å². The van der Waals surface area contributed by atoms with Crippen LogP contribution in [0.4, 0.5) is 0 Å². The van der Waals surface area contributed by atoms with Crippen LogP contribution in [0.1, 0.15) is 0 Å². The number of hydrogen-bond donors (Lipinski definition) is 1. The van der Waals surface area contributed by atoms with E-state index in [-0.39, 0.29) is 34.5 Å². The molecule has 11 heavy (non-hydrogen) atoms. The molecule has 0 fully saturated rings. The first-order chi connectivity index (χ1) is 4.61. The van der Waals surface area contributed by atoms with Gasteiger partial charge in [0.1, 0.15) is 0 Å². The zero-order valence-electron chi connectivity index (χ0n) is 4.98. The Kier molecular flexibility index (Phi) is 4.28. The van der Waals surface area contributed by atoms with Crippen molar-refractivity contribution in [1.82, 2.24) is 0 Å². The van der Waals surface area contributed by atoms with E-state index in [0.717, 1.165) is 0 Å². The molecule has 0 saturated carbocycles. The summed E-state index contributed by atoms with van der Waals surface area (Å²) < 4.78 is 29.2. The van der Waals surface area contributed by atoms with Crippen LogP contribution in [-0.4, -0.2) is 42.5 Å². The van der Waals surface area contributed by atoms with E-state index in [2.05, 4.69) is 6.07 Å². The molecular formula is C6H6NaO3S. The molecule has 55 valence electrons. The van der Waals surface area contributed by atoms with Crippen molar-refractivity contribution in [3.05, 3.63) is 30.3 Å². The molecule has 0 aromatic heterocycles. The Bertz CT molecular complexity index is 306. The molecule has 1 radical (unpaired) electrons. The van der Waals surface area contributed by atoms with Crippen molar-refractivity contribution in [2.75, 3.05) is 0 Å². The van der Waals surface area contributed by atoms with Crippen molar-refractivity contribution >= 4 is 39.7 Å². The van der Waals surface area contributed by atoms with Crippen LogP contribution in [0.15, 0.2) is 29.2 Å². The fraction of sp³-hybridized carbons (Fsp3) is 0. The molecule has 1 aromatic rings. The molecule has 0 amide bonds. The molecule has 1 aromatic carbocycles. The Labute approximate surface area is 87.5 Å². The van der Waals surface area contributed by atoms with Gasteiger partial charge in [-0.3, -0.25) is 4.55 Å². The molecule has 0 heterocycles. The average molecular weight is 181 g/mol. The van der Waals surface area contributed by atoms with Gasteiger partial charge in [0.05, 0.1) is 4.90 Å². The van der Waals surface area contributed by atoms with E-state index in [9.17, 15) is 8.42 Å². The van der Waals surface area contributed by atoms with Crippen LogP contribution in [-0.2, 0) is 10.1 Å². The summed E-state index contributed by atoms with van der Waals surface area (Å²) in [6.07, 6.45) is 0. The topological polar surface area (TPSA) is 54.4 Å². The molecule has 0 unspecified atom stereocenters. The van der Waals surface area contributed by atoms with Gasteiger partial charge in [-0.1, -0.05) is 12.1 Å². The van der Waals surface area contributed by atoms with Crippen molar-refractivity contribution < 1.29 is 13.0 Å². The summed E-state index contributed by atoms with van der Waals surface area (Å²) in [5.41, 5.74) is 0. The molecule has 1 N–H and O–H groups in total. The van der Waals surface area contributed by atoms with Crippen molar-refractivity contribution in [3.63, 3.8) is 0 Å². The number of benzene rings is 1. The fourth-order valence-corrected chi connectivity index (χ4v) is 1.00. The Morgan fingerprint density at radius 2 is 2.09 bits per heavy atom. The van der Waals surface area contributed by atoms with Gasteiger partial charge in [-0.2, -0.15) is 8.42 Å². The first-order valence-corrected chi connectivity index (χ1v) is 3.98. The molecule has 1 rings (SSSR count). The van der Waals surface area contributed by atoms with Gasteiger partial charge >= 0.3 is 29.6 Å². The second-order valence-corrected chi connectivity index (χ2v) is 3.14.